The van der Waals surface area contributed by atoms with E-state index in [9.17, 15) is 4.79 Å². The first-order chi connectivity index (χ1) is 12.6. The van der Waals surface area contributed by atoms with E-state index in [1.54, 1.807) is 12.3 Å². The minimum Gasteiger partial charge on any atom is -0.267 e. The van der Waals surface area contributed by atoms with Gasteiger partial charge in [-0.3, -0.25) is 15.2 Å². The molecule has 0 spiro atoms. The molecule has 0 unspecified atom stereocenters. The summed E-state index contributed by atoms with van der Waals surface area (Å²) in [5.41, 5.74) is 7.51. The van der Waals surface area contributed by atoms with Crippen LogP contribution in [0.4, 0.5) is 0 Å². The van der Waals surface area contributed by atoms with Crippen molar-refractivity contribution < 1.29 is 4.79 Å². The lowest BCUT2D eigenvalue weighted by atomic mass is 10.0. The van der Waals surface area contributed by atoms with Crippen molar-refractivity contribution in [3.05, 3.63) is 71.9 Å². The number of carbonyl (C=O) groups is 1. The molecule has 1 N–H and O–H groups in total. The quantitative estimate of drug-likeness (QED) is 0.618. The number of rotatable bonds is 3. The summed E-state index contributed by atoms with van der Waals surface area (Å²) in [5, 5.41) is 8.20. The van der Waals surface area contributed by atoms with Crippen molar-refractivity contribution in [2.24, 2.45) is 0 Å². The lowest BCUT2D eigenvalue weighted by Crippen LogP contribution is -2.22. The highest BCUT2D eigenvalue weighted by molar-refractivity contribution is 6.11. The molecule has 0 radical (unpaired) electrons. The third kappa shape index (κ3) is 2.90. The topological polar surface area (TPSA) is 85.6 Å². The molecule has 1 aromatic carbocycles. The summed E-state index contributed by atoms with van der Waals surface area (Å²) in [7, 11) is 0. The highest BCUT2D eigenvalue weighted by atomic mass is 16.2. The second kappa shape index (κ2) is 6.36. The van der Waals surface area contributed by atoms with Gasteiger partial charge in [0.25, 0.3) is 5.91 Å². The molecule has 0 atom stereocenters. The van der Waals surface area contributed by atoms with Crippen LogP contribution < -0.4 is 5.43 Å². The van der Waals surface area contributed by atoms with E-state index >= 15 is 0 Å². The second-order valence-corrected chi connectivity index (χ2v) is 6.06. The van der Waals surface area contributed by atoms with Crippen molar-refractivity contribution in [1.82, 2.24) is 24.8 Å². The Kier molecular flexibility index (Phi) is 3.89. The number of hydrogen-bond donors (Lipinski definition) is 1. The second-order valence-electron chi connectivity index (χ2n) is 6.06. The zero-order valence-corrected chi connectivity index (χ0v) is 14.3. The SMILES string of the molecule is Cc1cc(C)c2nc(-c3ccccn3)cc(C(=O)Nn3cnnc3)c2c1. The Morgan fingerprint density at radius 1 is 1.04 bits per heavy atom. The molecule has 7 heteroatoms. The molecule has 0 aliphatic heterocycles. The van der Waals surface area contributed by atoms with Crippen molar-refractivity contribution in [1.29, 1.82) is 0 Å². The number of hydrogen-bond acceptors (Lipinski definition) is 5. The van der Waals surface area contributed by atoms with Gasteiger partial charge < -0.3 is 0 Å². The Morgan fingerprint density at radius 3 is 2.58 bits per heavy atom. The van der Waals surface area contributed by atoms with Crippen LogP contribution in [-0.2, 0) is 0 Å². The van der Waals surface area contributed by atoms with E-state index in [4.69, 9.17) is 4.98 Å². The normalized spacial score (nSPS) is 10.8. The third-order valence-corrected chi connectivity index (χ3v) is 4.07. The van der Waals surface area contributed by atoms with Gasteiger partial charge in [-0.05, 0) is 43.7 Å². The average molecular weight is 344 g/mol. The molecule has 128 valence electrons. The number of amides is 1. The molecule has 7 nitrogen and oxygen atoms in total. The summed E-state index contributed by atoms with van der Waals surface area (Å²) in [6, 6.07) is 11.4. The molecule has 0 aliphatic carbocycles. The number of nitrogens with one attached hydrogen (secondary N) is 1. The van der Waals surface area contributed by atoms with Crippen LogP contribution in [-0.4, -0.2) is 30.7 Å². The minimum atomic E-state index is -0.264. The van der Waals surface area contributed by atoms with Crippen molar-refractivity contribution in [2.45, 2.75) is 13.8 Å². The van der Waals surface area contributed by atoms with E-state index in [0.717, 1.165) is 22.0 Å². The number of aryl methyl sites for hydroxylation is 2. The first kappa shape index (κ1) is 15.9. The average Bonchev–Trinajstić information content (AvgIpc) is 3.14. The number of carbonyl (C=O) groups excluding carboxylic acids is 1. The summed E-state index contributed by atoms with van der Waals surface area (Å²) in [6.07, 6.45) is 4.56. The summed E-state index contributed by atoms with van der Waals surface area (Å²) >= 11 is 0. The van der Waals surface area contributed by atoms with E-state index in [2.05, 4.69) is 26.7 Å². The van der Waals surface area contributed by atoms with Crippen molar-refractivity contribution in [2.75, 3.05) is 5.43 Å². The van der Waals surface area contributed by atoms with Gasteiger partial charge >= 0.3 is 0 Å². The summed E-state index contributed by atoms with van der Waals surface area (Å²) in [6.45, 7) is 3.99. The van der Waals surface area contributed by atoms with Crippen LogP contribution in [0.15, 0.2) is 55.2 Å². The van der Waals surface area contributed by atoms with Gasteiger partial charge in [-0.15, -0.1) is 10.2 Å². The van der Waals surface area contributed by atoms with Crippen LogP contribution in [0.25, 0.3) is 22.3 Å². The molecule has 0 saturated heterocycles. The summed E-state index contributed by atoms with van der Waals surface area (Å²) in [5.74, 6) is -0.264. The Balaban J connectivity index is 1.92. The lowest BCUT2D eigenvalue weighted by molar-refractivity contribution is 0.101. The molecule has 0 bridgehead atoms. The molecule has 3 aromatic heterocycles. The van der Waals surface area contributed by atoms with Gasteiger partial charge in [0.2, 0.25) is 0 Å². The molecule has 0 saturated carbocycles. The Hall–Kier alpha value is -3.61. The number of benzene rings is 1. The summed E-state index contributed by atoms with van der Waals surface area (Å²) < 4.78 is 1.41. The monoisotopic (exact) mass is 344 g/mol. The fraction of sp³-hybridized carbons (Fsp3) is 0.105. The maximum Gasteiger partial charge on any atom is 0.270 e. The number of aromatic nitrogens is 5. The standard InChI is InChI=1S/C19H16N6O/c1-12-7-13(2)18-14(8-12)15(19(26)24-25-10-21-22-11-25)9-17(23-18)16-5-3-4-6-20-16/h3-11H,1-2H3,(H,24,26). The van der Waals surface area contributed by atoms with Crippen molar-refractivity contribution >= 4 is 16.8 Å². The Bertz CT molecular complexity index is 1090. The zero-order valence-electron chi connectivity index (χ0n) is 14.3. The number of nitrogens with zero attached hydrogens (tertiary/aromatic N) is 5. The van der Waals surface area contributed by atoms with Crippen molar-refractivity contribution in [3.63, 3.8) is 0 Å². The van der Waals surface area contributed by atoms with Crippen LogP contribution >= 0.6 is 0 Å². The predicted octanol–water partition coefficient (Wildman–Crippen LogP) is 2.89. The molecule has 26 heavy (non-hydrogen) atoms. The maximum absolute atomic E-state index is 12.9. The third-order valence-electron chi connectivity index (χ3n) is 4.07. The van der Waals surface area contributed by atoms with E-state index in [1.807, 2.05) is 38.1 Å². The van der Waals surface area contributed by atoms with E-state index in [-0.39, 0.29) is 5.91 Å². The van der Waals surface area contributed by atoms with E-state index in [0.29, 0.717) is 17.0 Å². The number of pyridine rings is 2. The summed E-state index contributed by atoms with van der Waals surface area (Å²) in [4.78, 5) is 22.0. The first-order valence-corrected chi connectivity index (χ1v) is 8.11. The predicted molar refractivity (Wildman–Crippen MR) is 98.2 cm³/mol. The molecule has 0 aliphatic rings. The highest BCUT2D eigenvalue weighted by Crippen LogP contribution is 2.27. The fourth-order valence-corrected chi connectivity index (χ4v) is 2.95. The van der Waals surface area contributed by atoms with Crippen molar-refractivity contribution in [3.8, 4) is 11.4 Å². The van der Waals surface area contributed by atoms with Crippen LogP contribution in [0.2, 0.25) is 0 Å². The lowest BCUT2D eigenvalue weighted by Gasteiger charge is -2.12. The van der Waals surface area contributed by atoms with E-state index < -0.39 is 0 Å². The molecule has 1 amide bonds. The van der Waals surface area contributed by atoms with Crippen LogP contribution in [0.3, 0.4) is 0 Å². The zero-order chi connectivity index (χ0) is 18.1. The van der Waals surface area contributed by atoms with Gasteiger partial charge in [-0.25, -0.2) is 9.66 Å². The molecule has 3 heterocycles. The fourth-order valence-electron chi connectivity index (χ4n) is 2.95. The molecule has 4 aromatic rings. The largest absolute Gasteiger partial charge is 0.270 e. The molecule has 4 rings (SSSR count). The van der Waals surface area contributed by atoms with Gasteiger partial charge in [0.05, 0.1) is 22.5 Å². The smallest absolute Gasteiger partial charge is 0.267 e. The Morgan fingerprint density at radius 2 is 1.85 bits per heavy atom. The van der Waals surface area contributed by atoms with Crippen LogP contribution in [0, 0.1) is 13.8 Å². The van der Waals surface area contributed by atoms with Gasteiger partial charge in [0.1, 0.15) is 12.7 Å². The van der Waals surface area contributed by atoms with E-state index in [1.165, 1.54) is 17.3 Å². The van der Waals surface area contributed by atoms with Gasteiger partial charge in [-0.2, -0.15) is 0 Å². The van der Waals surface area contributed by atoms with Gasteiger partial charge in [-0.1, -0.05) is 17.7 Å². The van der Waals surface area contributed by atoms with Gasteiger partial charge in [0, 0.05) is 11.6 Å². The van der Waals surface area contributed by atoms with Crippen LogP contribution in [0.5, 0.6) is 0 Å². The highest BCUT2D eigenvalue weighted by Gasteiger charge is 2.16. The Labute approximate surface area is 149 Å². The maximum atomic E-state index is 12.9. The number of fused-ring (bicyclic) bond motifs is 1. The molecular formula is C19H16N6O. The van der Waals surface area contributed by atoms with Crippen LogP contribution in [0.1, 0.15) is 21.5 Å². The van der Waals surface area contributed by atoms with Gasteiger partial charge in [0.15, 0.2) is 0 Å². The minimum absolute atomic E-state index is 0.264. The molecule has 0 fully saturated rings. The first-order valence-electron chi connectivity index (χ1n) is 8.11. The molecular weight excluding hydrogens is 328 g/mol.